The zero-order valence-electron chi connectivity index (χ0n) is 10.9. The van der Waals surface area contributed by atoms with Crippen LogP contribution < -0.4 is 0 Å². The van der Waals surface area contributed by atoms with Crippen LogP contribution >= 0.6 is 0 Å². The van der Waals surface area contributed by atoms with Crippen molar-refractivity contribution in [3.63, 3.8) is 0 Å². The zero-order valence-corrected chi connectivity index (χ0v) is 10.9. The van der Waals surface area contributed by atoms with Gasteiger partial charge in [-0.3, -0.25) is 0 Å². The minimum Gasteiger partial charge on any atom is -0.388 e. The van der Waals surface area contributed by atoms with Gasteiger partial charge in [-0.15, -0.1) is 0 Å². The third-order valence-corrected chi connectivity index (χ3v) is 3.47. The smallest absolute Gasteiger partial charge is 0.0797 e. The van der Waals surface area contributed by atoms with E-state index < -0.39 is 12.2 Å². The van der Waals surface area contributed by atoms with E-state index in [1.54, 1.807) is 0 Å². The van der Waals surface area contributed by atoms with Gasteiger partial charge in [0.1, 0.15) is 0 Å². The highest BCUT2D eigenvalue weighted by Crippen LogP contribution is 2.33. The van der Waals surface area contributed by atoms with E-state index in [9.17, 15) is 10.2 Å². The van der Waals surface area contributed by atoms with Crippen LogP contribution in [-0.4, -0.2) is 10.2 Å². The van der Waals surface area contributed by atoms with Crippen LogP contribution in [0.2, 0.25) is 0 Å². The van der Waals surface area contributed by atoms with Crippen LogP contribution in [0.3, 0.4) is 0 Å². The van der Waals surface area contributed by atoms with Crippen LogP contribution in [0.15, 0.2) is 36.4 Å². The molecule has 2 aromatic rings. The van der Waals surface area contributed by atoms with Gasteiger partial charge in [0, 0.05) is 0 Å². The van der Waals surface area contributed by atoms with Crippen LogP contribution in [0.1, 0.15) is 50.0 Å². The second kappa shape index (κ2) is 5.51. The summed E-state index contributed by atoms with van der Waals surface area (Å²) in [5.41, 5.74) is 1.73. The molecule has 2 unspecified atom stereocenters. The quantitative estimate of drug-likeness (QED) is 0.860. The Kier molecular flexibility index (Phi) is 4.00. The first-order valence-corrected chi connectivity index (χ1v) is 6.56. The fourth-order valence-electron chi connectivity index (χ4n) is 2.40. The van der Waals surface area contributed by atoms with Gasteiger partial charge >= 0.3 is 0 Å². The molecule has 0 spiro atoms. The van der Waals surface area contributed by atoms with Crippen molar-refractivity contribution in [2.45, 2.75) is 38.9 Å². The molecule has 2 rings (SSSR count). The molecule has 0 aliphatic carbocycles. The molecule has 0 heterocycles. The van der Waals surface area contributed by atoms with Gasteiger partial charge in [0.15, 0.2) is 0 Å². The lowest BCUT2D eigenvalue weighted by molar-refractivity contribution is 0.151. The van der Waals surface area contributed by atoms with E-state index in [4.69, 9.17) is 0 Å². The largest absolute Gasteiger partial charge is 0.388 e. The summed E-state index contributed by atoms with van der Waals surface area (Å²) in [6, 6.07) is 11.9. The SMILES string of the molecule is CCC(O)c1ccc2ccccc2c1C(O)CC. The van der Waals surface area contributed by atoms with E-state index >= 15 is 0 Å². The second-order valence-electron chi connectivity index (χ2n) is 4.64. The monoisotopic (exact) mass is 244 g/mol. The third kappa shape index (κ3) is 2.26. The fraction of sp³-hybridized carbons (Fsp3) is 0.375. The maximum absolute atomic E-state index is 10.2. The molecule has 0 radical (unpaired) electrons. The topological polar surface area (TPSA) is 40.5 Å². The molecule has 0 fully saturated rings. The van der Waals surface area contributed by atoms with E-state index in [1.807, 2.05) is 50.2 Å². The number of benzene rings is 2. The number of aliphatic hydroxyl groups excluding tert-OH is 2. The molecule has 2 nitrogen and oxygen atoms in total. The van der Waals surface area contributed by atoms with E-state index in [2.05, 4.69) is 0 Å². The predicted octanol–water partition coefficient (Wildman–Crippen LogP) is 3.73. The lowest BCUT2D eigenvalue weighted by Crippen LogP contribution is -2.06. The lowest BCUT2D eigenvalue weighted by atomic mass is 9.90. The molecule has 96 valence electrons. The summed E-state index contributed by atoms with van der Waals surface area (Å²) in [6.07, 6.45) is 0.275. The summed E-state index contributed by atoms with van der Waals surface area (Å²) in [5, 5.41) is 22.5. The van der Waals surface area contributed by atoms with Crippen molar-refractivity contribution in [2.75, 3.05) is 0 Å². The number of hydrogen-bond donors (Lipinski definition) is 2. The highest BCUT2D eigenvalue weighted by atomic mass is 16.3. The lowest BCUT2D eigenvalue weighted by Gasteiger charge is -2.20. The Morgan fingerprint density at radius 3 is 2.22 bits per heavy atom. The molecule has 2 heteroatoms. The Morgan fingerprint density at radius 2 is 1.56 bits per heavy atom. The molecule has 0 saturated carbocycles. The van der Waals surface area contributed by atoms with Gasteiger partial charge < -0.3 is 10.2 Å². The predicted molar refractivity (Wildman–Crippen MR) is 74.4 cm³/mol. The Labute approximate surface area is 108 Å². The van der Waals surface area contributed by atoms with Gasteiger partial charge in [0.05, 0.1) is 12.2 Å². The van der Waals surface area contributed by atoms with Crippen LogP contribution in [0.4, 0.5) is 0 Å². The molecule has 0 aromatic heterocycles. The second-order valence-corrected chi connectivity index (χ2v) is 4.64. The molecule has 0 aliphatic rings. The standard InChI is InChI=1S/C16H20O2/c1-3-14(17)13-10-9-11-7-5-6-8-12(11)16(13)15(18)4-2/h5-10,14-15,17-18H,3-4H2,1-2H3. The Morgan fingerprint density at radius 1 is 0.889 bits per heavy atom. The molecule has 0 bridgehead atoms. The molecule has 0 aliphatic heterocycles. The molecule has 0 saturated heterocycles. The number of fused-ring (bicyclic) bond motifs is 1. The molecular formula is C16H20O2. The van der Waals surface area contributed by atoms with Crippen LogP contribution in [0.5, 0.6) is 0 Å². The number of hydrogen-bond acceptors (Lipinski definition) is 2. The first kappa shape index (κ1) is 13.1. The highest BCUT2D eigenvalue weighted by Gasteiger charge is 2.18. The Balaban J connectivity index is 2.70. The van der Waals surface area contributed by atoms with Crippen LogP contribution in [0.25, 0.3) is 10.8 Å². The van der Waals surface area contributed by atoms with Gasteiger partial charge in [-0.1, -0.05) is 50.2 Å². The molecule has 18 heavy (non-hydrogen) atoms. The molecule has 2 aromatic carbocycles. The maximum atomic E-state index is 10.2. The van der Waals surface area contributed by atoms with E-state index in [0.29, 0.717) is 12.8 Å². The van der Waals surface area contributed by atoms with E-state index in [0.717, 1.165) is 21.9 Å². The van der Waals surface area contributed by atoms with E-state index in [1.165, 1.54) is 0 Å². The van der Waals surface area contributed by atoms with Gasteiger partial charge in [0.2, 0.25) is 0 Å². The first-order valence-electron chi connectivity index (χ1n) is 6.56. The molecular weight excluding hydrogens is 224 g/mol. The minimum absolute atomic E-state index is 0.509. The van der Waals surface area contributed by atoms with Crippen molar-refractivity contribution >= 4 is 10.8 Å². The fourth-order valence-corrected chi connectivity index (χ4v) is 2.40. The van der Waals surface area contributed by atoms with Crippen molar-refractivity contribution in [3.8, 4) is 0 Å². The average molecular weight is 244 g/mol. The van der Waals surface area contributed by atoms with Gasteiger partial charge in [-0.2, -0.15) is 0 Å². The average Bonchev–Trinajstić information content (AvgIpc) is 2.44. The van der Waals surface area contributed by atoms with Gasteiger partial charge in [-0.05, 0) is 34.7 Å². The third-order valence-electron chi connectivity index (χ3n) is 3.47. The van der Waals surface area contributed by atoms with Crippen molar-refractivity contribution in [3.05, 3.63) is 47.5 Å². The molecule has 0 amide bonds. The summed E-state index contributed by atoms with van der Waals surface area (Å²) < 4.78 is 0. The summed E-state index contributed by atoms with van der Waals surface area (Å²) in [4.78, 5) is 0. The van der Waals surface area contributed by atoms with Crippen molar-refractivity contribution in [2.24, 2.45) is 0 Å². The Bertz CT molecular complexity index is 534. The van der Waals surface area contributed by atoms with Crippen molar-refractivity contribution in [1.82, 2.24) is 0 Å². The van der Waals surface area contributed by atoms with Crippen LogP contribution in [0, 0.1) is 0 Å². The van der Waals surface area contributed by atoms with Gasteiger partial charge in [0.25, 0.3) is 0 Å². The molecule has 2 atom stereocenters. The molecule has 2 N–H and O–H groups in total. The zero-order chi connectivity index (χ0) is 13.1. The van der Waals surface area contributed by atoms with E-state index in [-0.39, 0.29) is 0 Å². The maximum Gasteiger partial charge on any atom is 0.0797 e. The van der Waals surface area contributed by atoms with Crippen molar-refractivity contribution in [1.29, 1.82) is 0 Å². The summed E-state index contributed by atoms with van der Waals surface area (Å²) in [7, 11) is 0. The summed E-state index contributed by atoms with van der Waals surface area (Å²) >= 11 is 0. The summed E-state index contributed by atoms with van der Waals surface area (Å²) in [5.74, 6) is 0. The Hall–Kier alpha value is -1.38. The van der Waals surface area contributed by atoms with Crippen molar-refractivity contribution < 1.29 is 10.2 Å². The van der Waals surface area contributed by atoms with Crippen LogP contribution in [-0.2, 0) is 0 Å². The highest BCUT2D eigenvalue weighted by molar-refractivity contribution is 5.87. The minimum atomic E-state index is -0.521. The first-order chi connectivity index (χ1) is 8.69. The normalized spacial score (nSPS) is 14.7. The van der Waals surface area contributed by atoms with Gasteiger partial charge in [-0.25, -0.2) is 0 Å². The number of rotatable bonds is 4. The summed E-state index contributed by atoms with van der Waals surface area (Å²) in [6.45, 7) is 3.90. The number of aliphatic hydroxyl groups is 2.